The first-order chi connectivity index (χ1) is 9.43. The molecule has 0 spiro atoms. The standard InChI is InChI=1S/C13H12N2O5/c1-15-12(18)8(11(17)14-13(15)19)5-7-3-4-9(16)10(6-7)20-2/h3-6,16H,1-2H3,(H,14,17,19)/b8-5+. The normalized spacial score (nSPS) is 17.4. The number of amides is 4. The third-order valence-corrected chi connectivity index (χ3v) is 2.82. The minimum absolute atomic E-state index is 0.0543. The summed E-state index contributed by atoms with van der Waals surface area (Å²) in [6.45, 7) is 0. The fourth-order valence-corrected chi connectivity index (χ4v) is 1.70. The van der Waals surface area contributed by atoms with Crippen molar-refractivity contribution in [3.05, 3.63) is 29.3 Å². The Balaban J connectivity index is 2.41. The number of benzene rings is 1. The smallest absolute Gasteiger partial charge is 0.331 e. The van der Waals surface area contributed by atoms with Gasteiger partial charge in [0.2, 0.25) is 0 Å². The van der Waals surface area contributed by atoms with E-state index in [4.69, 9.17) is 4.74 Å². The highest BCUT2D eigenvalue weighted by Crippen LogP contribution is 2.27. The first kappa shape index (κ1) is 13.6. The van der Waals surface area contributed by atoms with Crippen molar-refractivity contribution in [1.29, 1.82) is 0 Å². The largest absolute Gasteiger partial charge is 0.504 e. The Morgan fingerprint density at radius 2 is 2.00 bits per heavy atom. The molecule has 0 unspecified atom stereocenters. The second-order valence-corrected chi connectivity index (χ2v) is 4.11. The van der Waals surface area contributed by atoms with Gasteiger partial charge < -0.3 is 9.84 Å². The Morgan fingerprint density at radius 1 is 1.30 bits per heavy atom. The highest BCUT2D eigenvalue weighted by atomic mass is 16.5. The van der Waals surface area contributed by atoms with E-state index >= 15 is 0 Å². The van der Waals surface area contributed by atoms with Gasteiger partial charge in [-0.05, 0) is 23.8 Å². The number of phenolic OH excluding ortho intramolecular Hbond substituents is 1. The number of ether oxygens (including phenoxy) is 1. The van der Waals surface area contributed by atoms with Crippen LogP contribution in [0.25, 0.3) is 6.08 Å². The van der Waals surface area contributed by atoms with Gasteiger partial charge in [0.1, 0.15) is 5.57 Å². The summed E-state index contributed by atoms with van der Waals surface area (Å²) in [4.78, 5) is 35.6. The summed E-state index contributed by atoms with van der Waals surface area (Å²) in [5.41, 5.74) is 0.320. The van der Waals surface area contributed by atoms with Crippen molar-refractivity contribution in [1.82, 2.24) is 10.2 Å². The highest BCUT2D eigenvalue weighted by Gasteiger charge is 2.32. The number of aromatic hydroxyl groups is 1. The number of nitrogens with zero attached hydrogens (tertiary/aromatic N) is 1. The predicted molar refractivity (Wildman–Crippen MR) is 68.9 cm³/mol. The highest BCUT2D eigenvalue weighted by molar-refractivity contribution is 6.30. The molecule has 0 bridgehead atoms. The van der Waals surface area contributed by atoms with Crippen molar-refractivity contribution in [2.24, 2.45) is 0 Å². The van der Waals surface area contributed by atoms with Gasteiger partial charge in [0.15, 0.2) is 11.5 Å². The summed E-state index contributed by atoms with van der Waals surface area (Å²) < 4.78 is 4.94. The number of phenols is 1. The molecule has 2 N–H and O–H groups in total. The number of nitrogens with one attached hydrogen (secondary N) is 1. The molecule has 7 nitrogen and oxygen atoms in total. The van der Waals surface area contributed by atoms with E-state index in [9.17, 15) is 19.5 Å². The Hall–Kier alpha value is -2.83. The summed E-state index contributed by atoms with van der Waals surface area (Å²) in [6, 6.07) is 3.60. The molecule has 1 saturated heterocycles. The van der Waals surface area contributed by atoms with Crippen LogP contribution in [-0.4, -0.2) is 42.0 Å². The summed E-state index contributed by atoms with van der Waals surface area (Å²) >= 11 is 0. The maximum absolute atomic E-state index is 11.9. The van der Waals surface area contributed by atoms with Crippen LogP contribution in [0.15, 0.2) is 23.8 Å². The van der Waals surface area contributed by atoms with E-state index in [0.29, 0.717) is 5.56 Å². The Kier molecular flexibility index (Phi) is 3.43. The lowest BCUT2D eigenvalue weighted by Gasteiger charge is -2.22. The molecule has 20 heavy (non-hydrogen) atoms. The summed E-state index contributed by atoms with van der Waals surface area (Å²) in [7, 11) is 2.66. The van der Waals surface area contributed by atoms with Gasteiger partial charge in [0, 0.05) is 7.05 Å². The van der Waals surface area contributed by atoms with Crippen LogP contribution >= 0.6 is 0 Å². The number of carbonyl (C=O) groups is 3. The predicted octanol–water partition coefficient (Wildman–Crippen LogP) is 0.492. The number of barbiturate groups is 1. The number of hydrogen-bond donors (Lipinski definition) is 2. The van der Waals surface area contributed by atoms with E-state index in [0.717, 1.165) is 4.90 Å². The van der Waals surface area contributed by atoms with Gasteiger partial charge in [-0.2, -0.15) is 0 Å². The van der Waals surface area contributed by atoms with Crippen molar-refractivity contribution in [3.8, 4) is 11.5 Å². The molecular formula is C13H12N2O5. The van der Waals surface area contributed by atoms with Crippen LogP contribution in [0.3, 0.4) is 0 Å². The molecule has 1 fully saturated rings. The zero-order valence-electron chi connectivity index (χ0n) is 10.8. The summed E-state index contributed by atoms with van der Waals surface area (Å²) in [5.74, 6) is -1.29. The van der Waals surface area contributed by atoms with Gasteiger partial charge in [0.05, 0.1) is 7.11 Å². The molecule has 1 aromatic carbocycles. The Morgan fingerprint density at radius 3 is 2.65 bits per heavy atom. The molecule has 0 aliphatic carbocycles. The number of imide groups is 2. The lowest BCUT2D eigenvalue weighted by molar-refractivity contribution is -0.129. The van der Waals surface area contributed by atoms with E-state index in [-0.39, 0.29) is 17.1 Å². The molecule has 4 amide bonds. The van der Waals surface area contributed by atoms with Gasteiger partial charge >= 0.3 is 6.03 Å². The average molecular weight is 276 g/mol. The second-order valence-electron chi connectivity index (χ2n) is 4.11. The van der Waals surface area contributed by atoms with Gasteiger partial charge in [-0.25, -0.2) is 4.79 Å². The summed E-state index contributed by atoms with van der Waals surface area (Å²) in [5, 5.41) is 11.5. The van der Waals surface area contributed by atoms with E-state index in [1.807, 2.05) is 5.32 Å². The molecule has 7 heteroatoms. The number of hydrogen-bond acceptors (Lipinski definition) is 5. The lowest BCUT2D eigenvalue weighted by atomic mass is 10.1. The van der Waals surface area contributed by atoms with Crippen molar-refractivity contribution in [3.63, 3.8) is 0 Å². The van der Waals surface area contributed by atoms with Crippen LogP contribution in [-0.2, 0) is 9.59 Å². The molecule has 1 aliphatic heterocycles. The minimum Gasteiger partial charge on any atom is -0.504 e. The molecular weight excluding hydrogens is 264 g/mol. The van der Waals surface area contributed by atoms with Crippen LogP contribution in [0.2, 0.25) is 0 Å². The molecule has 2 rings (SSSR count). The molecule has 1 heterocycles. The molecule has 1 aromatic rings. The molecule has 0 atom stereocenters. The SMILES string of the molecule is COc1cc(/C=C2\C(=O)NC(=O)N(C)C2=O)ccc1O. The average Bonchev–Trinajstić information content (AvgIpc) is 2.43. The van der Waals surface area contributed by atoms with Crippen molar-refractivity contribution >= 4 is 23.9 Å². The molecule has 0 radical (unpaired) electrons. The lowest BCUT2D eigenvalue weighted by Crippen LogP contribution is -2.52. The zero-order chi connectivity index (χ0) is 14.9. The third kappa shape index (κ3) is 2.33. The molecule has 0 aromatic heterocycles. The fourth-order valence-electron chi connectivity index (χ4n) is 1.70. The number of rotatable bonds is 2. The van der Waals surface area contributed by atoms with Crippen molar-refractivity contribution in [2.75, 3.05) is 14.2 Å². The van der Waals surface area contributed by atoms with Gasteiger partial charge in [-0.1, -0.05) is 6.07 Å². The molecule has 104 valence electrons. The van der Waals surface area contributed by atoms with Crippen LogP contribution in [0.1, 0.15) is 5.56 Å². The maximum atomic E-state index is 11.9. The maximum Gasteiger partial charge on any atom is 0.331 e. The number of urea groups is 1. The molecule has 1 aliphatic rings. The monoisotopic (exact) mass is 276 g/mol. The van der Waals surface area contributed by atoms with Crippen molar-refractivity contribution in [2.45, 2.75) is 0 Å². The quantitative estimate of drug-likeness (QED) is 0.605. The Labute approximate surface area is 114 Å². The van der Waals surface area contributed by atoms with Crippen LogP contribution in [0.5, 0.6) is 11.5 Å². The van der Waals surface area contributed by atoms with E-state index in [1.165, 1.54) is 38.4 Å². The summed E-state index contributed by atoms with van der Waals surface area (Å²) in [6.07, 6.45) is 1.32. The van der Waals surface area contributed by atoms with E-state index < -0.39 is 17.8 Å². The fraction of sp³-hybridized carbons (Fsp3) is 0.154. The molecule has 0 saturated carbocycles. The second kappa shape index (κ2) is 5.04. The van der Waals surface area contributed by atoms with Crippen molar-refractivity contribution < 1.29 is 24.2 Å². The third-order valence-electron chi connectivity index (χ3n) is 2.82. The first-order valence-corrected chi connectivity index (χ1v) is 5.66. The van der Waals surface area contributed by atoms with Crippen LogP contribution in [0.4, 0.5) is 4.79 Å². The number of methoxy groups -OCH3 is 1. The van der Waals surface area contributed by atoms with Gasteiger partial charge in [0.25, 0.3) is 11.8 Å². The Bertz CT molecular complexity index is 636. The topological polar surface area (TPSA) is 95.9 Å². The van der Waals surface area contributed by atoms with E-state index in [1.54, 1.807) is 0 Å². The van der Waals surface area contributed by atoms with Gasteiger partial charge in [-0.3, -0.25) is 19.8 Å². The van der Waals surface area contributed by atoms with E-state index in [2.05, 4.69) is 0 Å². The number of carbonyl (C=O) groups excluding carboxylic acids is 3. The van der Waals surface area contributed by atoms with Crippen LogP contribution < -0.4 is 10.1 Å². The first-order valence-electron chi connectivity index (χ1n) is 5.66. The van der Waals surface area contributed by atoms with Crippen LogP contribution in [0, 0.1) is 0 Å². The zero-order valence-corrected chi connectivity index (χ0v) is 10.8. The number of likely N-dealkylation sites (N-methyl/N-ethyl adjacent to an activating group) is 1. The minimum atomic E-state index is -0.763. The van der Waals surface area contributed by atoms with Gasteiger partial charge in [-0.15, -0.1) is 0 Å².